The van der Waals surface area contributed by atoms with Gasteiger partial charge in [-0.2, -0.15) is 0 Å². The fraction of sp³-hybridized carbons (Fsp3) is 0.643. The van der Waals surface area contributed by atoms with Crippen molar-refractivity contribution in [3.05, 3.63) is 17.9 Å². The molecule has 1 saturated heterocycles. The summed E-state index contributed by atoms with van der Waals surface area (Å²) in [6, 6.07) is 2.99. The van der Waals surface area contributed by atoms with Crippen molar-refractivity contribution in [2.75, 3.05) is 6.54 Å². The number of piperidine rings is 1. The Morgan fingerprint density at radius 1 is 1.29 bits per heavy atom. The molecular weight excluding hydrogens is 292 g/mol. The van der Waals surface area contributed by atoms with E-state index in [-0.39, 0.29) is 28.8 Å². The van der Waals surface area contributed by atoms with E-state index in [1.54, 1.807) is 4.90 Å². The third-order valence-electron chi connectivity index (χ3n) is 4.02. The Morgan fingerprint density at radius 3 is 2.71 bits per heavy atom. The van der Waals surface area contributed by atoms with Gasteiger partial charge in [0.2, 0.25) is 5.09 Å². The summed E-state index contributed by atoms with van der Waals surface area (Å²) in [5.74, 6) is -0.130. The Kier molecular flexibility index (Phi) is 3.79. The summed E-state index contributed by atoms with van der Waals surface area (Å²) in [7, 11) is -3.64. The molecule has 21 heavy (non-hydrogen) atoms. The molecule has 2 heterocycles. The van der Waals surface area contributed by atoms with Crippen LogP contribution in [0.25, 0.3) is 0 Å². The number of likely N-dealkylation sites (tertiary alicyclic amines) is 1. The first-order valence-corrected chi connectivity index (χ1v) is 8.89. The van der Waals surface area contributed by atoms with Gasteiger partial charge < -0.3 is 9.32 Å². The minimum Gasteiger partial charge on any atom is -0.438 e. The maximum atomic E-state index is 12.4. The Labute approximate surface area is 124 Å². The van der Waals surface area contributed by atoms with E-state index in [1.807, 2.05) is 6.92 Å². The van der Waals surface area contributed by atoms with Crippen molar-refractivity contribution in [1.29, 1.82) is 0 Å². The summed E-state index contributed by atoms with van der Waals surface area (Å²) in [6.45, 7) is 2.70. The Bertz CT molecular complexity index is 633. The average molecular weight is 312 g/mol. The summed E-state index contributed by atoms with van der Waals surface area (Å²) in [4.78, 5) is 14.2. The number of carbonyl (C=O) groups excluding carboxylic acids is 1. The van der Waals surface area contributed by atoms with E-state index in [9.17, 15) is 13.2 Å². The summed E-state index contributed by atoms with van der Waals surface area (Å²) in [6.07, 6.45) is 4.79. The van der Waals surface area contributed by atoms with Gasteiger partial charge in [0, 0.05) is 18.6 Å². The number of amides is 1. The van der Waals surface area contributed by atoms with Crippen LogP contribution in [0.2, 0.25) is 0 Å². The quantitative estimate of drug-likeness (QED) is 0.918. The summed E-state index contributed by atoms with van der Waals surface area (Å²) in [5.41, 5.74) is 0. The van der Waals surface area contributed by atoms with Gasteiger partial charge in [0.05, 0.1) is 0 Å². The van der Waals surface area contributed by atoms with Crippen LogP contribution in [0.4, 0.5) is 0 Å². The summed E-state index contributed by atoms with van der Waals surface area (Å²) in [5, 5.41) is -0.178. The van der Waals surface area contributed by atoms with Gasteiger partial charge >= 0.3 is 0 Å². The van der Waals surface area contributed by atoms with Gasteiger partial charge in [0.1, 0.15) is 0 Å². The van der Waals surface area contributed by atoms with E-state index < -0.39 is 10.0 Å². The van der Waals surface area contributed by atoms with Gasteiger partial charge in [0.15, 0.2) is 5.76 Å². The maximum Gasteiger partial charge on any atom is 0.289 e. The van der Waals surface area contributed by atoms with Gasteiger partial charge in [0.25, 0.3) is 15.9 Å². The number of rotatable bonds is 4. The zero-order chi connectivity index (χ0) is 15.0. The van der Waals surface area contributed by atoms with Crippen molar-refractivity contribution in [3.8, 4) is 0 Å². The van der Waals surface area contributed by atoms with E-state index in [0.29, 0.717) is 6.54 Å². The highest BCUT2D eigenvalue weighted by Gasteiger charge is 2.31. The fourth-order valence-electron chi connectivity index (χ4n) is 2.60. The molecule has 7 heteroatoms. The van der Waals surface area contributed by atoms with Crippen molar-refractivity contribution in [3.63, 3.8) is 0 Å². The fourth-order valence-corrected chi connectivity index (χ4v) is 3.84. The van der Waals surface area contributed by atoms with Crippen molar-refractivity contribution in [2.24, 2.45) is 0 Å². The molecule has 0 spiro atoms. The lowest BCUT2D eigenvalue weighted by Crippen LogP contribution is -2.41. The molecule has 1 N–H and O–H groups in total. The molecule has 3 rings (SSSR count). The smallest absolute Gasteiger partial charge is 0.289 e. The molecule has 1 aliphatic heterocycles. The summed E-state index contributed by atoms with van der Waals surface area (Å²) < 4.78 is 31.9. The van der Waals surface area contributed by atoms with E-state index in [1.165, 1.54) is 12.1 Å². The molecule has 2 aliphatic rings. The lowest BCUT2D eigenvalue weighted by atomic mass is 10.0. The lowest BCUT2D eigenvalue weighted by Gasteiger charge is -2.32. The first kappa shape index (κ1) is 14.6. The molecule has 1 atom stereocenters. The first-order valence-electron chi connectivity index (χ1n) is 7.40. The van der Waals surface area contributed by atoms with Crippen LogP contribution in [-0.4, -0.2) is 37.9 Å². The first-order chi connectivity index (χ1) is 9.97. The molecule has 1 unspecified atom stereocenters. The number of sulfonamides is 1. The van der Waals surface area contributed by atoms with Crippen molar-refractivity contribution in [1.82, 2.24) is 9.62 Å². The second-order valence-corrected chi connectivity index (χ2v) is 7.50. The van der Waals surface area contributed by atoms with E-state index in [2.05, 4.69) is 4.72 Å². The van der Waals surface area contributed by atoms with Crippen molar-refractivity contribution < 1.29 is 17.6 Å². The van der Waals surface area contributed by atoms with Crippen LogP contribution in [0.5, 0.6) is 0 Å². The molecular formula is C14H20N2O4S. The molecule has 0 aromatic carbocycles. The molecule has 6 nitrogen and oxygen atoms in total. The topological polar surface area (TPSA) is 79.6 Å². The van der Waals surface area contributed by atoms with Gasteiger partial charge in [-0.1, -0.05) is 0 Å². The van der Waals surface area contributed by atoms with Crippen molar-refractivity contribution >= 4 is 15.9 Å². The standard InChI is InChI=1S/C14H20N2O4S/c1-10-4-2-3-9-16(10)14(17)12-7-8-13(20-12)21(18,19)15-11-5-6-11/h7-8,10-11,15H,2-6,9H2,1H3. The molecule has 1 aliphatic carbocycles. The second-order valence-electron chi connectivity index (χ2n) is 5.86. The minimum atomic E-state index is -3.64. The Hall–Kier alpha value is -1.34. The number of hydrogen-bond donors (Lipinski definition) is 1. The number of nitrogens with one attached hydrogen (secondary N) is 1. The van der Waals surface area contributed by atoms with Crippen LogP contribution in [0, 0.1) is 0 Å². The van der Waals surface area contributed by atoms with Crippen LogP contribution < -0.4 is 4.72 Å². The minimum absolute atomic E-state index is 0.0152. The third kappa shape index (κ3) is 3.13. The SMILES string of the molecule is CC1CCCCN1C(=O)c1ccc(S(=O)(=O)NC2CC2)o1. The normalized spacial score (nSPS) is 23.3. The van der Waals surface area contributed by atoms with E-state index in [4.69, 9.17) is 4.42 Å². The zero-order valence-corrected chi connectivity index (χ0v) is 12.9. The molecule has 1 aromatic rings. The molecule has 116 valence electrons. The van der Waals surface area contributed by atoms with E-state index in [0.717, 1.165) is 32.1 Å². The van der Waals surface area contributed by atoms with Crippen LogP contribution in [0.1, 0.15) is 49.6 Å². The molecule has 0 bridgehead atoms. The predicted molar refractivity (Wildman–Crippen MR) is 76.4 cm³/mol. The Morgan fingerprint density at radius 2 is 2.05 bits per heavy atom. The Balaban J connectivity index is 1.76. The molecule has 0 radical (unpaired) electrons. The molecule has 1 aromatic heterocycles. The monoisotopic (exact) mass is 312 g/mol. The highest BCUT2D eigenvalue weighted by molar-refractivity contribution is 7.89. The second kappa shape index (κ2) is 5.46. The van der Waals surface area contributed by atoms with Crippen LogP contribution in [0.3, 0.4) is 0 Å². The highest BCUT2D eigenvalue weighted by Crippen LogP contribution is 2.24. The van der Waals surface area contributed by atoms with Gasteiger partial charge in [-0.05, 0) is 51.2 Å². The highest BCUT2D eigenvalue weighted by atomic mass is 32.2. The zero-order valence-electron chi connectivity index (χ0n) is 12.0. The summed E-state index contributed by atoms with van der Waals surface area (Å²) >= 11 is 0. The molecule has 1 amide bonds. The third-order valence-corrected chi connectivity index (χ3v) is 5.41. The van der Waals surface area contributed by atoms with Crippen molar-refractivity contribution in [2.45, 2.75) is 56.2 Å². The number of furan rings is 1. The maximum absolute atomic E-state index is 12.4. The van der Waals surface area contributed by atoms with Crippen LogP contribution in [0.15, 0.2) is 21.6 Å². The van der Waals surface area contributed by atoms with Gasteiger partial charge in [-0.25, -0.2) is 13.1 Å². The molecule has 2 fully saturated rings. The lowest BCUT2D eigenvalue weighted by molar-refractivity contribution is 0.0597. The van der Waals surface area contributed by atoms with Gasteiger partial charge in [-0.3, -0.25) is 4.79 Å². The van der Waals surface area contributed by atoms with E-state index >= 15 is 0 Å². The number of nitrogens with zero attached hydrogens (tertiary/aromatic N) is 1. The largest absolute Gasteiger partial charge is 0.438 e. The van der Waals surface area contributed by atoms with Gasteiger partial charge in [-0.15, -0.1) is 0 Å². The number of hydrogen-bond acceptors (Lipinski definition) is 4. The van der Waals surface area contributed by atoms with Crippen LogP contribution in [-0.2, 0) is 10.0 Å². The molecule has 1 saturated carbocycles. The average Bonchev–Trinajstić information content (AvgIpc) is 3.08. The number of carbonyl (C=O) groups is 1. The predicted octanol–water partition coefficient (Wildman–Crippen LogP) is 1.73. The van der Waals surface area contributed by atoms with Crippen LogP contribution >= 0.6 is 0 Å².